The summed E-state index contributed by atoms with van der Waals surface area (Å²) < 4.78 is 7.35. The molecule has 0 aromatic carbocycles. The Hall–Kier alpha value is -2.43. The summed E-state index contributed by atoms with van der Waals surface area (Å²) in [4.78, 5) is 19.0. The monoisotopic (exact) mass is 445 g/mol. The maximum Gasteiger partial charge on any atom is 0.230 e. The highest BCUT2D eigenvalue weighted by atomic mass is 32.2. The van der Waals surface area contributed by atoms with Gasteiger partial charge in [0.2, 0.25) is 5.91 Å². The molecule has 0 atom stereocenters. The molecule has 0 unspecified atom stereocenters. The molecule has 0 aliphatic rings. The van der Waals surface area contributed by atoms with Crippen LogP contribution in [0.25, 0.3) is 22.2 Å². The lowest BCUT2D eigenvalue weighted by molar-refractivity contribution is -0.118. The SMILES string of the molecule is CCn1c(SCC(=O)NCc2ccc(-c3csc(C)n3)s2)nnc1-c1ccco1. The minimum Gasteiger partial charge on any atom is -0.461 e. The Morgan fingerprint density at radius 2 is 2.21 bits per heavy atom. The van der Waals surface area contributed by atoms with Gasteiger partial charge in [0.05, 0.1) is 34.1 Å². The van der Waals surface area contributed by atoms with Crippen molar-refractivity contribution in [3.8, 4) is 22.2 Å². The van der Waals surface area contributed by atoms with E-state index >= 15 is 0 Å². The number of carbonyl (C=O) groups is 1. The third-order valence-electron chi connectivity index (χ3n) is 4.10. The minimum atomic E-state index is -0.0420. The molecule has 150 valence electrons. The van der Waals surface area contributed by atoms with E-state index in [1.165, 1.54) is 11.8 Å². The number of rotatable bonds is 8. The van der Waals surface area contributed by atoms with Gasteiger partial charge < -0.3 is 9.73 Å². The van der Waals surface area contributed by atoms with Crippen LogP contribution in [0, 0.1) is 6.92 Å². The van der Waals surface area contributed by atoms with Crippen LogP contribution in [0.4, 0.5) is 0 Å². The molecular weight excluding hydrogens is 426 g/mol. The lowest BCUT2D eigenvalue weighted by Gasteiger charge is -2.06. The molecule has 4 rings (SSSR count). The van der Waals surface area contributed by atoms with E-state index in [1.807, 2.05) is 36.6 Å². The fraction of sp³-hybridized carbons (Fsp3) is 0.263. The summed E-state index contributed by atoms with van der Waals surface area (Å²) in [7, 11) is 0. The van der Waals surface area contributed by atoms with Gasteiger partial charge in [0.25, 0.3) is 0 Å². The van der Waals surface area contributed by atoms with Crippen molar-refractivity contribution in [2.75, 3.05) is 5.75 Å². The van der Waals surface area contributed by atoms with Crippen molar-refractivity contribution >= 4 is 40.3 Å². The number of hydrogen-bond donors (Lipinski definition) is 1. The average molecular weight is 446 g/mol. The molecular formula is C19H19N5O2S3. The molecule has 7 nitrogen and oxygen atoms in total. The van der Waals surface area contributed by atoms with E-state index in [-0.39, 0.29) is 11.7 Å². The van der Waals surface area contributed by atoms with E-state index < -0.39 is 0 Å². The summed E-state index contributed by atoms with van der Waals surface area (Å²) >= 11 is 4.66. The zero-order valence-electron chi connectivity index (χ0n) is 15.9. The number of nitrogens with zero attached hydrogens (tertiary/aromatic N) is 4. The molecule has 4 heterocycles. The molecule has 0 saturated carbocycles. The quantitative estimate of drug-likeness (QED) is 0.403. The van der Waals surface area contributed by atoms with E-state index in [4.69, 9.17) is 4.42 Å². The molecule has 0 radical (unpaired) electrons. The highest BCUT2D eigenvalue weighted by Gasteiger charge is 2.16. The van der Waals surface area contributed by atoms with Gasteiger partial charge in [0, 0.05) is 16.8 Å². The number of thiophene rings is 1. The van der Waals surface area contributed by atoms with Gasteiger partial charge in [-0.05, 0) is 38.1 Å². The van der Waals surface area contributed by atoms with Crippen LogP contribution in [-0.4, -0.2) is 31.4 Å². The Morgan fingerprint density at radius 1 is 1.31 bits per heavy atom. The fourth-order valence-electron chi connectivity index (χ4n) is 2.72. The van der Waals surface area contributed by atoms with Crippen molar-refractivity contribution in [1.29, 1.82) is 0 Å². The van der Waals surface area contributed by atoms with Crippen LogP contribution >= 0.6 is 34.4 Å². The first kappa shape index (κ1) is 19.9. The maximum absolute atomic E-state index is 12.3. The summed E-state index contributed by atoms with van der Waals surface area (Å²) in [6.07, 6.45) is 1.61. The Bertz CT molecular complexity index is 1100. The molecule has 0 spiro atoms. The highest BCUT2D eigenvalue weighted by Crippen LogP contribution is 2.29. The molecule has 0 bridgehead atoms. The fourth-order valence-corrected chi connectivity index (χ4v) is 5.15. The van der Waals surface area contributed by atoms with Crippen molar-refractivity contribution in [3.05, 3.63) is 45.8 Å². The molecule has 4 aromatic rings. The van der Waals surface area contributed by atoms with Crippen LogP contribution in [0.15, 0.2) is 45.5 Å². The van der Waals surface area contributed by atoms with Gasteiger partial charge >= 0.3 is 0 Å². The maximum atomic E-state index is 12.3. The number of furan rings is 1. The van der Waals surface area contributed by atoms with Crippen molar-refractivity contribution < 1.29 is 9.21 Å². The van der Waals surface area contributed by atoms with Crippen LogP contribution in [0.3, 0.4) is 0 Å². The molecule has 1 amide bonds. The van der Waals surface area contributed by atoms with Gasteiger partial charge in [-0.3, -0.25) is 9.36 Å². The topological polar surface area (TPSA) is 85.8 Å². The molecule has 0 aliphatic heterocycles. The molecule has 1 N–H and O–H groups in total. The normalized spacial score (nSPS) is 11.1. The summed E-state index contributed by atoms with van der Waals surface area (Å²) in [5.41, 5.74) is 0.997. The van der Waals surface area contributed by atoms with Gasteiger partial charge in [-0.15, -0.1) is 32.9 Å². The molecule has 0 aliphatic carbocycles. The second kappa shape index (κ2) is 8.93. The first-order valence-corrected chi connectivity index (χ1v) is 11.7. The highest BCUT2D eigenvalue weighted by molar-refractivity contribution is 7.99. The van der Waals surface area contributed by atoms with E-state index in [0.717, 1.165) is 20.5 Å². The molecule has 10 heteroatoms. The van der Waals surface area contributed by atoms with Crippen molar-refractivity contribution in [2.24, 2.45) is 0 Å². The predicted molar refractivity (Wildman–Crippen MR) is 116 cm³/mol. The largest absolute Gasteiger partial charge is 0.461 e. The van der Waals surface area contributed by atoms with Gasteiger partial charge in [-0.25, -0.2) is 4.98 Å². The number of thioether (sulfide) groups is 1. The minimum absolute atomic E-state index is 0.0420. The number of aryl methyl sites for hydroxylation is 1. The average Bonchev–Trinajstić information content (AvgIpc) is 3.51. The zero-order valence-corrected chi connectivity index (χ0v) is 18.4. The second-order valence-electron chi connectivity index (χ2n) is 6.11. The summed E-state index contributed by atoms with van der Waals surface area (Å²) in [6, 6.07) is 7.75. The Balaban J connectivity index is 1.31. The number of hydrogen-bond acceptors (Lipinski definition) is 8. The van der Waals surface area contributed by atoms with Crippen molar-refractivity contribution in [2.45, 2.75) is 32.1 Å². The van der Waals surface area contributed by atoms with Crippen molar-refractivity contribution in [1.82, 2.24) is 25.1 Å². The van der Waals surface area contributed by atoms with Crippen LogP contribution < -0.4 is 5.32 Å². The van der Waals surface area contributed by atoms with Gasteiger partial charge in [0.15, 0.2) is 16.7 Å². The van der Waals surface area contributed by atoms with Crippen molar-refractivity contribution in [3.63, 3.8) is 0 Å². The first-order valence-electron chi connectivity index (χ1n) is 9.02. The summed E-state index contributed by atoms with van der Waals surface area (Å²) in [5.74, 6) is 1.57. The van der Waals surface area contributed by atoms with Gasteiger partial charge in [-0.1, -0.05) is 11.8 Å². The molecule has 29 heavy (non-hydrogen) atoms. The summed E-state index contributed by atoms with van der Waals surface area (Å²) in [6.45, 7) is 5.21. The lowest BCUT2D eigenvalue weighted by atomic mass is 10.3. The summed E-state index contributed by atoms with van der Waals surface area (Å²) in [5, 5.41) is 15.2. The standard InChI is InChI=1S/C19H19N5O2S3/c1-3-24-18(15-5-4-8-26-15)22-23-19(24)28-11-17(25)20-9-13-6-7-16(29-13)14-10-27-12(2)21-14/h4-8,10H,3,9,11H2,1-2H3,(H,20,25). The Morgan fingerprint density at radius 3 is 2.93 bits per heavy atom. The third-order valence-corrected chi connectivity index (χ3v) is 6.95. The second-order valence-corrected chi connectivity index (χ2v) is 9.28. The van der Waals surface area contributed by atoms with E-state index in [9.17, 15) is 4.79 Å². The van der Waals surface area contributed by atoms with Crippen LogP contribution in [-0.2, 0) is 17.9 Å². The smallest absolute Gasteiger partial charge is 0.230 e. The lowest BCUT2D eigenvalue weighted by Crippen LogP contribution is -2.24. The van der Waals surface area contributed by atoms with Gasteiger partial charge in [-0.2, -0.15) is 0 Å². The zero-order chi connectivity index (χ0) is 20.2. The Labute approximate surface area is 180 Å². The van der Waals surface area contributed by atoms with E-state index in [0.29, 0.717) is 29.8 Å². The number of thiazole rings is 1. The van der Waals surface area contributed by atoms with E-state index in [1.54, 1.807) is 28.9 Å². The first-order chi connectivity index (χ1) is 14.1. The Kier molecular flexibility index (Phi) is 6.12. The number of carbonyl (C=O) groups excluding carboxylic acids is 1. The van der Waals surface area contributed by atoms with Gasteiger partial charge in [0.1, 0.15) is 0 Å². The molecule has 0 fully saturated rings. The number of aromatic nitrogens is 4. The van der Waals surface area contributed by atoms with Crippen LogP contribution in [0.5, 0.6) is 0 Å². The van der Waals surface area contributed by atoms with Crippen LogP contribution in [0.2, 0.25) is 0 Å². The molecule has 4 aromatic heterocycles. The van der Waals surface area contributed by atoms with E-state index in [2.05, 4.69) is 31.9 Å². The molecule has 0 saturated heterocycles. The number of amides is 1. The van der Waals surface area contributed by atoms with Crippen LogP contribution in [0.1, 0.15) is 16.8 Å². The predicted octanol–water partition coefficient (Wildman–Crippen LogP) is 4.46. The third kappa shape index (κ3) is 4.60. The number of nitrogens with one attached hydrogen (secondary N) is 1.